The Kier molecular flexibility index (Phi) is 6.33. The third kappa shape index (κ3) is 4.25. The number of hydrogen-bond acceptors (Lipinski definition) is 7. The van der Waals surface area contributed by atoms with Gasteiger partial charge in [0, 0.05) is 22.4 Å². The van der Waals surface area contributed by atoms with Crippen molar-refractivity contribution in [2.24, 2.45) is 0 Å². The van der Waals surface area contributed by atoms with Crippen molar-refractivity contribution in [3.8, 4) is 17.5 Å². The number of nitriles is 1. The van der Waals surface area contributed by atoms with Crippen LogP contribution in [0.5, 0.6) is 0 Å². The van der Waals surface area contributed by atoms with Crippen LogP contribution >= 0.6 is 34.4 Å². The Morgan fingerprint density at radius 2 is 2.21 bits per heavy atom. The van der Waals surface area contributed by atoms with E-state index in [2.05, 4.69) is 38.5 Å². The number of carbonyl (C=O) groups is 1. The molecule has 0 aliphatic heterocycles. The van der Waals surface area contributed by atoms with E-state index in [-0.39, 0.29) is 11.7 Å². The van der Waals surface area contributed by atoms with Crippen molar-refractivity contribution in [3.63, 3.8) is 0 Å². The Balaban J connectivity index is 1.50. The lowest BCUT2D eigenvalue weighted by Gasteiger charge is -2.13. The third-order valence-corrected chi connectivity index (χ3v) is 7.72. The first kappa shape index (κ1) is 20.1. The van der Waals surface area contributed by atoms with Gasteiger partial charge < -0.3 is 9.88 Å². The molecule has 0 radical (unpaired) electrons. The molecule has 0 saturated heterocycles. The molecule has 0 unspecified atom stereocenters. The van der Waals surface area contributed by atoms with E-state index >= 15 is 0 Å². The normalized spacial score (nSPS) is 13.1. The van der Waals surface area contributed by atoms with Crippen LogP contribution in [0.15, 0.2) is 22.0 Å². The van der Waals surface area contributed by atoms with Crippen molar-refractivity contribution >= 4 is 45.3 Å². The molecule has 3 aromatic rings. The van der Waals surface area contributed by atoms with Crippen LogP contribution in [-0.2, 0) is 24.2 Å². The largest absolute Gasteiger partial charge is 0.316 e. The van der Waals surface area contributed by atoms with Gasteiger partial charge in [0.2, 0.25) is 5.91 Å². The van der Waals surface area contributed by atoms with Crippen LogP contribution in [0, 0.1) is 11.3 Å². The van der Waals surface area contributed by atoms with Crippen molar-refractivity contribution in [1.82, 2.24) is 14.8 Å². The zero-order chi connectivity index (χ0) is 20.2. The molecule has 4 rings (SSSR count). The molecular weight excluding hydrogens is 422 g/mol. The van der Waals surface area contributed by atoms with Gasteiger partial charge in [-0.1, -0.05) is 18.7 Å². The molecule has 6 nitrogen and oxygen atoms in total. The van der Waals surface area contributed by atoms with E-state index in [1.54, 1.807) is 11.4 Å². The number of thioether (sulfide) groups is 1. The molecular formula is C20H21N5OS3. The van der Waals surface area contributed by atoms with Gasteiger partial charge >= 0.3 is 0 Å². The lowest BCUT2D eigenvalue weighted by atomic mass is 9.95. The first-order valence-corrected chi connectivity index (χ1v) is 12.4. The summed E-state index contributed by atoms with van der Waals surface area (Å²) >= 11 is 4.57. The third-order valence-electron chi connectivity index (χ3n) is 4.84. The van der Waals surface area contributed by atoms with E-state index in [0.717, 1.165) is 36.8 Å². The van der Waals surface area contributed by atoms with E-state index in [4.69, 9.17) is 5.26 Å². The topological polar surface area (TPSA) is 83.6 Å². The van der Waals surface area contributed by atoms with Crippen molar-refractivity contribution in [2.75, 3.05) is 11.1 Å². The van der Waals surface area contributed by atoms with Gasteiger partial charge in [0.1, 0.15) is 11.1 Å². The molecule has 0 bridgehead atoms. The number of anilines is 1. The average molecular weight is 444 g/mol. The first-order chi connectivity index (χ1) is 14.2. The van der Waals surface area contributed by atoms with E-state index in [9.17, 15) is 4.79 Å². The summed E-state index contributed by atoms with van der Waals surface area (Å²) < 4.78 is 2.14. The molecule has 0 fully saturated rings. The van der Waals surface area contributed by atoms with Gasteiger partial charge in [0.05, 0.1) is 11.3 Å². The minimum absolute atomic E-state index is 0.144. The summed E-state index contributed by atoms with van der Waals surface area (Å²) in [5.41, 5.74) is 3.13. The lowest BCUT2D eigenvalue weighted by Crippen LogP contribution is -2.14. The van der Waals surface area contributed by atoms with E-state index < -0.39 is 0 Å². The van der Waals surface area contributed by atoms with Crippen molar-refractivity contribution < 1.29 is 4.79 Å². The van der Waals surface area contributed by atoms with Crippen LogP contribution in [-0.4, -0.2) is 26.4 Å². The number of hydrogen-bond donors (Lipinski definition) is 1. The highest BCUT2D eigenvalue weighted by atomic mass is 32.2. The number of aromatic nitrogens is 3. The second-order valence-corrected chi connectivity index (χ2v) is 9.65. The summed E-state index contributed by atoms with van der Waals surface area (Å²) in [4.78, 5) is 13.8. The SMILES string of the molecule is CCCn1c(SCC(=O)Nc2sccc2C#N)nnc1-c1csc2c1CCCC2. The predicted octanol–water partition coefficient (Wildman–Crippen LogP) is 4.96. The van der Waals surface area contributed by atoms with Gasteiger partial charge in [-0.2, -0.15) is 5.26 Å². The van der Waals surface area contributed by atoms with Crippen LogP contribution in [0.25, 0.3) is 11.4 Å². The standard InChI is InChI=1S/C20H21N5OS3/c1-2-8-25-18(15-11-28-16-6-4-3-5-14(15)16)23-24-20(25)29-12-17(26)22-19-13(10-21)7-9-27-19/h7,9,11H,2-6,8,12H2,1H3,(H,22,26). The van der Waals surface area contributed by atoms with Gasteiger partial charge in [-0.05, 0) is 49.1 Å². The van der Waals surface area contributed by atoms with Crippen molar-refractivity contribution in [1.29, 1.82) is 5.26 Å². The summed E-state index contributed by atoms with van der Waals surface area (Å²) in [5, 5.41) is 26.2. The van der Waals surface area contributed by atoms with E-state index in [0.29, 0.717) is 10.6 Å². The average Bonchev–Trinajstić information content (AvgIpc) is 3.45. The molecule has 9 heteroatoms. The highest BCUT2D eigenvalue weighted by Gasteiger charge is 2.22. The number of thiophene rings is 2. The second-order valence-electron chi connectivity index (χ2n) is 6.83. The second kappa shape index (κ2) is 9.11. The van der Waals surface area contributed by atoms with Crippen LogP contribution in [0.3, 0.4) is 0 Å². The molecule has 0 atom stereocenters. The summed E-state index contributed by atoms with van der Waals surface area (Å²) in [6, 6.07) is 3.80. The van der Waals surface area contributed by atoms with Gasteiger partial charge in [-0.3, -0.25) is 4.79 Å². The van der Waals surface area contributed by atoms with Crippen LogP contribution < -0.4 is 5.32 Å². The zero-order valence-electron chi connectivity index (χ0n) is 16.1. The molecule has 1 aliphatic rings. The molecule has 150 valence electrons. The highest BCUT2D eigenvalue weighted by Crippen LogP contribution is 2.37. The number of amides is 1. The molecule has 0 aromatic carbocycles. The van der Waals surface area contributed by atoms with Crippen LogP contribution in [0.1, 0.15) is 42.2 Å². The van der Waals surface area contributed by atoms with Gasteiger partial charge in [0.15, 0.2) is 11.0 Å². The maximum Gasteiger partial charge on any atom is 0.235 e. The molecule has 29 heavy (non-hydrogen) atoms. The van der Waals surface area contributed by atoms with Crippen LogP contribution in [0.4, 0.5) is 5.00 Å². The van der Waals surface area contributed by atoms with Gasteiger partial charge in [-0.25, -0.2) is 0 Å². The predicted molar refractivity (Wildman–Crippen MR) is 119 cm³/mol. The quantitative estimate of drug-likeness (QED) is 0.522. The summed E-state index contributed by atoms with van der Waals surface area (Å²) in [5.74, 6) is 1.00. The van der Waals surface area contributed by atoms with Crippen LogP contribution in [0.2, 0.25) is 0 Å². The fourth-order valence-corrected chi connectivity index (χ4v) is 6.13. The summed E-state index contributed by atoms with van der Waals surface area (Å²) in [6.45, 7) is 2.95. The maximum atomic E-state index is 12.4. The number of aryl methyl sites for hydroxylation is 1. The molecule has 0 spiro atoms. The van der Waals surface area contributed by atoms with Crippen molar-refractivity contribution in [3.05, 3.63) is 32.8 Å². The van der Waals surface area contributed by atoms with E-state index in [1.807, 2.05) is 11.3 Å². The number of fused-ring (bicyclic) bond motifs is 1. The number of rotatable bonds is 7. The number of nitrogens with one attached hydrogen (secondary N) is 1. The smallest absolute Gasteiger partial charge is 0.235 e. The Hall–Kier alpha value is -2.15. The minimum Gasteiger partial charge on any atom is -0.316 e. The summed E-state index contributed by atoms with van der Waals surface area (Å²) in [6.07, 6.45) is 5.74. The maximum absolute atomic E-state index is 12.4. The number of nitrogens with zero attached hydrogens (tertiary/aromatic N) is 4. The fourth-order valence-electron chi connectivity index (χ4n) is 3.49. The molecule has 1 aliphatic carbocycles. The van der Waals surface area contributed by atoms with Crippen molar-refractivity contribution in [2.45, 2.75) is 50.7 Å². The zero-order valence-corrected chi connectivity index (χ0v) is 18.6. The lowest BCUT2D eigenvalue weighted by molar-refractivity contribution is -0.113. The minimum atomic E-state index is -0.144. The number of carbonyl (C=O) groups excluding carboxylic acids is 1. The Labute approximate surface area is 182 Å². The molecule has 1 N–H and O–H groups in total. The highest BCUT2D eigenvalue weighted by molar-refractivity contribution is 7.99. The first-order valence-electron chi connectivity index (χ1n) is 9.64. The molecule has 3 heterocycles. The summed E-state index contributed by atoms with van der Waals surface area (Å²) in [7, 11) is 0. The van der Waals surface area contributed by atoms with E-state index in [1.165, 1.54) is 51.9 Å². The fraction of sp³-hybridized carbons (Fsp3) is 0.400. The van der Waals surface area contributed by atoms with Gasteiger partial charge in [0.25, 0.3) is 0 Å². The monoisotopic (exact) mass is 443 g/mol. The molecule has 0 saturated carbocycles. The molecule has 1 amide bonds. The van der Waals surface area contributed by atoms with Gasteiger partial charge in [-0.15, -0.1) is 32.9 Å². The Bertz CT molecular complexity index is 1060. The Morgan fingerprint density at radius 1 is 1.34 bits per heavy atom. The molecule has 3 aromatic heterocycles. The Morgan fingerprint density at radius 3 is 3.03 bits per heavy atom.